The molecule has 0 bridgehead atoms. The smallest absolute Gasteiger partial charge is 0.411 e. The Morgan fingerprint density at radius 1 is 0.947 bits per heavy atom. The summed E-state index contributed by atoms with van der Waals surface area (Å²) in [5.41, 5.74) is 4.60. The van der Waals surface area contributed by atoms with Gasteiger partial charge in [0.25, 0.3) is 0 Å². The minimum absolute atomic E-state index is 0.0976. The number of benzene rings is 3. The molecule has 1 heterocycles. The van der Waals surface area contributed by atoms with E-state index in [2.05, 4.69) is 22.6 Å². The van der Waals surface area contributed by atoms with Crippen molar-refractivity contribution in [1.29, 1.82) is 0 Å². The summed E-state index contributed by atoms with van der Waals surface area (Å²) in [5, 5.41) is 15.2. The number of aryl methyl sites for hydroxylation is 1. The molecule has 4 rings (SSSR count). The SMILES string of the molecule is COc1ccc(CO)cc1NC(=O)CCc1ccc(-c2ccccc2)c(NC(=O)OC2CCN(C)CC2)c1. The van der Waals surface area contributed by atoms with Gasteiger partial charge in [0, 0.05) is 25.1 Å². The highest BCUT2D eigenvalue weighted by atomic mass is 16.6. The van der Waals surface area contributed by atoms with Gasteiger partial charge in [-0.1, -0.05) is 48.5 Å². The number of hydrogen-bond acceptors (Lipinski definition) is 6. The van der Waals surface area contributed by atoms with Crippen molar-refractivity contribution in [2.45, 2.75) is 38.4 Å². The second-order valence-electron chi connectivity index (χ2n) is 9.52. The molecule has 1 fully saturated rings. The van der Waals surface area contributed by atoms with Gasteiger partial charge in [0.1, 0.15) is 11.9 Å². The molecule has 1 aliphatic heterocycles. The van der Waals surface area contributed by atoms with E-state index in [1.807, 2.05) is 48.5 Å². The highest BCUT2D eigenvalue weighted by molar-refractivity contribution is 5.93. The van der Waals surface area contributed by atoms with E-state index >= 15 is 0 Å². The summed E-state index contributed by atoms with van der Waals surface area (Å²) in [6.07, 6.45) is 1.77. The lowest BCUT2D eigenvalue weighted by Crippen LogP contribution is -2.36. The summed E-state index contributed by atoms with van der Waals surface area (Å²) in [6, 6.07) is 20.8. The molecular formula is C30H35N3O5. The number of likely N-dealkylation sites (tertiary alicyclic amines) is 1. The van der Waals surface area contributed by atoms with Crippen molar-refractivity contribution in [2.24, 2.45) is 0 Å². The van der Waals surface area contributed by atoms with Gasteiger partial charge in [0.05, 0.1) is 25.1 Å². The Kier molecular flexibility index (Phi) is 9.35. The van der Waals surface area contributed by atoms with Crippen LogP contribution in [0.4, 0.5) is 16.2 Å². The van der Waals surface area contributed by atoms with Crippen molar-refractivity contribution in [3.8, 4) is 16.9 Å². The van der Waals surface area contributed by atoms with Gasteiger partial charge in [-0.2, -0.15) is 0 Å². The zero-order chi connectivity index (χ0) is 26.9. The van der Waals surface area contributed by atoms with E-state index in [9.17, 15) is 14.7 Å². The normalized spacial score (nSPS) is 14.1. The van der Waals surface area contributed by atoms with Crippen LogP contribution in [0.1, 0.15) is 30.4 Å². The van der Waals surface area contributed by atoms with E-state index < -0.39 is 6.09 Å². The number of methoxy groups -OCH3 is 1. The summed E-state index contributed by atoms with van der Waals surface area (Å²) >= 11 is 0. The Labute approximate surface area is 223 Å². The predicted molar refractivity (Wildman–Crippen MR) is 148 cm³/mol. The molecule has 1 aliphatic rings. The van der Waals surface area contributed by atoms with Crippen LogP contribution in [0.25, 0.3) is 11.1 Å². The molecule has 0 atom stereocenters. The van der Waals surface area contributed by atoms with Crippen LogP contribution < -0.4 is 15.4 Å². The minimum atomic E-state index is -0.470. The van der Waals surface area contributed by atoms with E-state index in [4.69, 9.17) is 9.47 Å². The molecule has 3 N–H and O–H groups in total. The monoisotopic (exact) mass is 517 g/mol. The van der Waals surface area contributed by atoms with Crippen molar-refractivity contribution in [1.82, 2.24) is 4.90 Å². The lowest BCUT2D eigenvalue weighted by molar-refractivity contribution is -0.116. The number of amides is 2. The van der Waals surface area contributed by atoms with Gasteiger partial charge in [0.2, 0.25) is 5.91 Å². The maximum Gasteiger partial charge on any atom is 0.411 e. The molecule has 3 aromatic rings. The summed E-state index contributed by atoms with van der Waals surface area (Å²) in [4.78, 5) is 27.8. The quantitative estimate of drug-likeness (QED) is 0.367. The number of rotatable bonds is 9. The van der Waals surface area contributed by atoms with Crippen molar-refractivity contribution >= 4 is 23.4 Å². The minimum Gasteiger partial charge on any atom is -0.495 e. The molecule has 8 nitrogen and oxygen atoms in total. The van der Waals surface area contributed by atoms with Crippen LogP contribution in [-0.4, -0.2) is 55.4 Å². The van der Waals surface area contributed by atoms with E-state index in [-0.39, 0.29) is 25.0 Å². The van der Waals surface area contributed by atoms with Gasteiger partial charge >= 0.3 is 6.09 Å². The van der Waals surface area contributed by atoms with Gasteiger partial charge in [-0.25, -0.2) is 4.79 Å². The molecule has 38 heavy (non-hydrogen) atoms. The summed E-state index contributed by atoms with van der Waals surface area (Å²) in [7, 11) is 3.60. The number of nitrogens with zero attached hydrogens (tertiary/aromatic N) is 1. The highest BCUT2D eigenvalue weighted by Crippen LogP contribution is 2.30. The van der Waals surface area contributed by atoms with Crippen molar-refractivity contribution in [3.63, 3.8) is 0 Å². The third kappa shape index (κ3) is 7.34. The van der Waals surface area contributed by atoms with Crippen LogP contribution in [0.15, 0.2) is 66.7 Å². The maximum atomic E-state index is 12.8. The molecule has 8 heteroatoms. The molecule has 0 aliphatic carbocycles. The number of aliphatic hydroxyl groups excluding tert-OH is 1. The van der Waals surface area contributed by atoms with Gasteiger partial charge in [-0.3, -0.25) is 10.1 Å². The number of aliphatic hydroxyl groups is 1. The third-order valence-electron chi connectivity index (χ3n) is 6.71. The van der Waals surface area contributed by atoms with Gasteiger partial charge in [-0.15, -0.1) is 0 Å². The first kappa shape index (κ1) is 27.2. The molecule has 1 saturated heterocycles. The van der Waals surface area contributed by atoms with Gasteiger partial charge in [0.15, 0.2) is 0 Å². The van der Waals surface area contributed by atoms with Crippen molar-refractivity contribution < 1.29 is 24.2 Å². The van der Waals surface area contributed by atoms with E-state index in [0.717, 1.165) is 42.6 Å². The largest absolute Gasteiger partial charge is 0.495 e. The fraction of sp³-hybridized carbons (Fsp3) is 0.333. The summed E-state index contributed by atoms with van der Waals surface area (Å²) < 4.78 is 11.0. The zero-order valence-electron chi connectivity index (χ0n) is 21.9. The Bertz CT molecular complexity index is 1240. The maximum absolute atomic E-state index is 12.8. The Morgan fingerprint density at radius 2 is 1.66 bits per heavy atom. The first-order chi connectivity index (χ1) is 18.4. The summed E-state index contributed by atoms with van der Waals surface area (Å²) in [6.45, 7) is 1.68. The molecule has 2 amide bonds. The van der Waals surface area contributed by atoms with Crippen molar-refractivity contribution in [3.05, 3.63) is 77.9 Å². The molecule has 200 valence electrons. The average Bonchev–Trinajstić information content (AvgIpc) is 2.93. The Balaban J connectivity index is 1.45. The predicted octanol–water partition coefficient (Wildman–Crippen LogP) is 5.07. The standard InChI is InChI=1S/C30H35N3O5/c1-33-16-14-24(15-17-33)38-30(36)32-26-18-21(8-11-25(26)23-6-4-3-5-7-23)10-13-29(35)31-27-19-22(20-34)9-12-28(27)37-2/h3-9,11-12,18-19,24,34H,10,13-17,20H2,1-2H3,(H,31,35)(H,32,36). The highest BCUT2D eigenvalue weighted by Gasteiger charge is 2.21. The van der Waals surface area contributed by atoms with Crippen LogP contribution in [0, 0.1) is 0 Å². The van der Waals surface area contributed by atoms with Gasteiger partial charge < -0.3 is 24.8 Å². The third-order valence-corrected chi connectivity index (χ3v) is 6.71. The first-order valence-electron chi connectivity index (χ1n) is 12.9. The van der Waals surface area contributed by atoms with Crippen LogP contribution in [0.2, 0.25) is 0 Å². The fourth-order valence-corrected chi connectivity index (χ4v) is 4.54. The molecule has 0 unspecified atom stereocenters. The summed E-state index contributed by atoms with van der Waals surface area (Å²) in [5.74, 6) is 0.346. The number of ether oxygens (including phenoxy) is 2. The Morgan fingerprint density at radius 3 is 2.37 bits per heavy atom. The topological polar surface area (TPSA) is 100 Å². The second kappa shape index (κ2) is 13.1. The van der Waals surface area contributed by atoms with E-state index in [1.54, 1.807) is 18.2 Å². The molecule has 0 spiro atoms. The van der Waals surface area contributed by atoms with Crippen LogP contribution in [0.3, 0.4) is 0 Å². The lowest BCUT2D eigenvalue weighted by Gasteiger charge is -2.28. The molecule has 0 aromatic heterocycles. The van der Waals surface area contributed by atoms with Crippen molar-refractivity contribution in [2.75, 3.05) is 37.9 Å². The zero-order valence-corrected chi connectivity index (χ0v) is 21.9. The molecule has 0 radical (unpaired) electrons. The second-order valence-corrected chi connectivity index (χ2v) is 9.52. The lowest BCUT2D eigenvalue weighted by atomic mass is 9.99. The van der Waals surface area contributed by atoms with Crippen LogP contribution in [-0.2, 0) is 22.6 Å². The number of nitrogens with one attached hydrogen (secondary N) is 2. The number of anilines is 2. The number of carbonyl (C=O) groups excluding carboxylic acids is 2. The van der Waals surface area contributed by atoms with E-state index in [1.165, 1.54) is 7.11 Å². The number of piperidine rings is 1. The first-order valence-corrected chi connectivity index (χ1v) is 12.9. The molecule has 3 aromatic carbocycles. The van der Waals surface area contributed by atoms with Crippen LogP contribution >= 0.6 is 0 Å². The Hall–Kier alpha value is -3.88. The van der Waals surface area contributed by atoms with Crippen LogP contribution in [0.5, 0.6) is 5.75 Å². The molecular weight excluding hydrogens is 482 g/mol. The van der Waals surface area contributed by atoms with E-state index in [0.29, 0.717) is 29.1 Å². The molecule has 0 saturated carbocycles. The number of hydrogen-bond donors (Lipinski definition) is 3. The number of carbonyl (C=O) groups is 2. The fourth-order valence-electron chi connectivity index (χ4n) is 4.54. The average molecular weight is 518 g/mol. The van der Waals surface area contributed by atoms with Gasteiger partial charge in [-0.05, 0) is 61.2 Å².